The van der Waals surface area contributed by atoms with Gasteiger partial charge >= 0.3 is 37.7 Å². The molecule has 8 rings (SSSR count). The van der Waals surface area contributed by atoms with Gasteiger partial charge in [-0.3, -0.25) is 18.9 Å². The van der Waals surface area contributed by atoms with E-state index in [1.807, 2.05) is 13.8 Å². The molecule has 0 saturated heterocycles. The van der Waals surface area contributed by atoms with Crippen LogP contribution in [-0.2, 0) is 33.1 Å². The number of azo groups is 2. The average molecular weight is 1150 g/mol. The summed E-state index contributed by atoms with van der Waals surface area (Å²) in [7, 11) is -9.07. The van der Waals surface area contributed by atoms with Crippen LogP contribution in [0.3, 0.4) is 0 Å². The molecule has 8 aromatic rings. The van der Waals surface area contributed by atoms with Gasteiger partial charge in [0.2, 0.25) is 0 Å². The summed E-state index contributed by atoms with van der Waals surface area (Å²) in [6.45, 7) is 8.11. The van der Waals surface area contributed by atoms with E-state index in [1.165, 1.54) is 24.3 Å². The van der Waals surface area contributed by atoms with Crippen molar-refractivity contribution in [2.75, 3.05) is 18.5 Å². The summed E-state index contributed by atoms with van der Waals surface area (Å²) >= 11 is 12.8. The number of aryl methyl sites for hydroxylation is 2. The quantitative estimate of drug-likeness (QED) is 0.0231. The summed E-state index contributed by atoms with van der Waals surface area (Å²) in [5.74, 6) is -1.38. The number of aliphatic imine (C=N–C) groups is 1. The number of carbonyl (C=O) groups is 1. The van der Waals surface area contributed by atoms with Crippen molar-refractivity contribution in [3.05, 3.63) is 166 Å². The molecule has 18 nitrogen and oxygen atoms in total. The van der Waals surface area contributed by atoms with Gasteiger partial charge in [0.1, 0.15) is 28.6 Å². The number of nitrogens with one attached hydrogen (secondary N) is 1. The molecule has 0 atom stereocenters. The Labute approximate surface area is 483 Å². The van der Waals surface area contributed by atoms with Crippen molar-refractivity contribution in [1.29, 1.82) is 0 Å². The minimum atomic E-state index is -4.54. The maximum Gasteiger partial charge on any atom is 2.00 e. The molecule has 0 aliphatic carbocycles. The summed E-state index contributed by atoms with van der Waals surface area (Å²) in [4.78, 5) is 16.4. The third-order valence-electron chi connectivity index (χ3n) is 11.3. The van der Waals surface area contributed by atoms with Gasteiger partial charge in [-0.1, -0.05) is 103 Å². The molecule has 23 heteroatoms. The predicted octanol–water partition coefficient (Wildman–Crippen LogP) is 12.3. The third kappa shape index (κ3) is 14.5. The number of halogens is 2. The predicted molar refractivity (Wildman–Crippen MR) is 294 cm³/mol. The first kappa shape index (κ1) is 59.5. The number of phenols is 1. The Morgan fingerprint density at radius 1 is 0.610 bits per heavy atom. The molecule has 0 unspecified atom stereocenters. The van der Waals surface area contributed by atoms with Crippen LogP contribution in [0.25, 0.3) is 21.5 Å². The Hall–Kier alpha value is -6.72. The van der Waals surface area contributed by atoms with Crippen LogP contribution in [-0.4, -0.2) is 93.8 Å². The van der Waals surface area contributed by atoms with Crippen molar-refractivity contribution < 1.29 is 55.5 Å². The molecule has 0 aliphatic rings. The van der Waals surface area contributed by atoms with E-state index >= 15 is 0 Å². The van der Waals surface area contributed by atoms with Gasteiger partial charge in [-0.2, -0.15) is 21.9 Å². The van der Waals surface area contributed by atoms with Gasteiger partial charge in [0.15, 0.2) is 5.75 Å². The van der Waals surface area contributed by atoms with Crippen molar-refractivity contribution >= 4 is 149 Å². The average Bonchev–Trinajstić information content (AvgIpc) is 3.39. The Morgan fingerprint density at radius 3 is 1.61 bits per heavy atom. The molecular weight excluding hydrogens is 1100 g/mol. The number of amides is 1. The zero-order chi connectivity index (χ0) is 54.9. The van der Waals surface area contributed by atoms with E-state index in [0.29, 0.717) is 81.6 Å². The van der Waals surface area contributed by atoms with E-state index in [9.17, 15) is 46.1 Å². The minimum Gasteiger partial charge on any atom is -0.871 e. The second-order valence-corrected chi connectivity index (χ2v) is 19.9. The van der Waals surface area contributed by atoms with E-state index in [4.69, 9.17) is 32.7 Å². The summed E-state index contributed by atoms with van der Waals surface area (Å²) in [6.07, 6.45) is 0.732. The second kappa shape index (κ2) is 26.1. The molecular formula is C54H46CaCl2N6O12S2. The second-order valence-electron chi connectivity index (χ2n) is 16.3. The van der Waals surface area contributed by atoms with Crippen LogP contribution >= 0.6 is 23.2 Å². The zero-order valence-corrected chi connectivity index (χ0v) is 46.9. The number of carbonyl (C=O) groups excluding carboxylic acids is 1. The molecule has 4 N–H and O–H groups in total. The maximum absolute atomic E-state index is 13.4. The Kier molecular flexibility index (Phi) is 20.2. The first-order valence-corrected chi connectivity index (χ1v) is 26.8. The Balaban J connectivity index is 0.000000246. The van der Waals surface area contributed by atoms with Gasteiger partial charge in [0.25, 0.3) is 26.1 Å². The number of aromatic hydroxyl groups is 1. The summed E-state index contributed by atoms with van der Waals surface area (Å²) in [5, 5.41) is 59.1. The van der Waals surface area contributed by atoms with Crippen LogP contribution in [0.2, 0.25) is 10.0 Å². The first-order valence-electron chi connectivity index (χ1n) is 23.2. The molecule has 0 heterocycles. The number of phenolic OH excluding ortho intramolecular Hbond substituents is 1. The fourth-order valence-electron chi connectivity index (χ4n) is 7.62. The normalized spacial score (nSPS) is 11.9. The fourth-order valence-corrected chi connectivity index (χ4v) is 9.28. The van der Waals surface area contributed by atoms with Crippen LogP contribution in [0, 0.1) is 0 Å². The number of hydrogen-bond acceptors (Lipinski definition) is 15. The molecule has 0 radical (unpaired) electrons. The molecule has 392 valence electrons. The SMILES string of the molecule is CCOc1cccc(N=C([O-])c2cc3ccccc3c(N=Nc3cc(S(=O)(=O)O)cc(CC)c3Cl)c2[O-])c1.CCOc1cccc(NC(=O)c2cc3ccccc3c(N=Nc3cc(S(=O)(=O)O)cc(CC)c3Cl)c2O)c1.[Ca+2]. The van der Waals surface area contributed by atoms with Gasteiger partial charge in [0, 0.05) is 28.6 Å². The molecule has 1 amide bonds. The first-order chi connectivity index (χ1) is 36.2. The Bertz CT molecular complexity index is 3860. The van der Waals surface area contributed by atoms with Crippen LogP contribution < -0.4 is 25.0 Å². The van der Waals surface area contributed by atoms with Crippen molar-refractivity contribution in [1.82, 2.24) is 0 Å². The van der Waals surface area contributed by atoms with Crippen LogP contribution in [0.1, 0.15) is 54.7 Å². The van der Waals surface area contributed by atoms with E-state index in [1.54, 1.807) is 111 Å². The van der Waals surface area contributed by atoms with E-state index in [0.717, 1.165) is 12.1 Å². The fraction of sp³-hybridized carbons (Fsp3) is 0.148. The van der Waals surface area contributed by atoms with Crippen molar-refractivity contribution in [2.45, 2.75) is 50.3 Å². The molecule has 77 heavy (non-hydrogen) atoms. The van der Waals surface area contributed by atoms with Crippen LogP contribution in [0.5, 0.6) is 23.0 Å². The summed E-state index contributed by atoms with van der Waals surface area (Å²) in [6, 6.07) is 34.8. The molecule has 0 bridgehead atoms. The van der Waals surface area contributed by atoms with Crippen molar-refractivity contribution in [2.24, 2.45) is 25.4 Å². The Morgan fingerprint density at radius 2 is 1.09 bits per heavy atom. The van der Waals surface area contributed by atoms with E-state index < -0.39 is 48.4 Å². The molecule has 0 saturated carbocycles. The van der Waals surface area contributed by atoms with E-state index in [-0.39, 0.29) is 86.6 Å². The molecule has 0 aliphatic heterocycles. The van der Waals surface area contributed by atoms with Gasteiger partial charge < -0.3 is 30.1 Å². The molecule has 8 aromatic carbocycles. The smallest absolute Gasteiger partial charge is 0.871 e. The number of ether oxygens (including phenoxy) is 2. The number of hydrogen-bond donors (Lipinski definition) is 4. The number of nitrogens with zero attached hydrogens (tertiary/aromatic N) is 5. The number of fused-ring (bicyclic) bond motifs is 2. The van der Waals surface area contributed by atoms with Crippen molar-refractivity contribution in [3.8, 4) is 23.0 Å². The molecule has 0 spiro atoms. The van der Waals surface area contributed by atoms with Gasteiger partial charge in [-0.15, -0.1) is 15.3 Å². The monoisotopic (exact) mass is 1140 g/mol. The van der Waals surface area contributed by atoms with Crippen LogP contribution in [0.15, 0.2) is 169 Å². The van der Waals surface area contributed by atoms with Gasteiger partial charge in [-0.05, 0) is 121 Å². The van der Waals surface area contributed by atoms with Gasteiger partial charge in [-0.25, -0.2) is 0 Å². The van der Waals surface area contributed by atoms with E-state index in [2.05, 4.69) is 30.8 Å². The number of benzene rings is 8. The molecule has 0 fully saturated rings. The number of anilines is 1. The third-order valence-corrected chi connectivity index (χ3v) is 13.8. The largest absolute Gasteiger partial charge is 2.00 e. The molecule has 0 aromatic heterocycles. The minimum absolute atomic E-state index is 0. The van der Waals surface area contributed by atoms with Crippen LogP contribution in [0.4, 0.5) is 34.1 Å². The topological polar surface area (TPSA) is 284 Å². The zero-order valence-electron chi connectivity index (χ0n) is 41.6. The summed E-state index contributed by atoms with van der Waals surface area (Å²) < 4.78 is 76.9. The maximum atomic E-state index is 13.4. The van der Waals surface area contributed by atoms with Gasteiger partial charge in [0.05, 0.1) is 50.0 Å². The van der Waals surface area contributed by atoms with Crippen molar-refractivity contribution in [3.63, 3.8) is 0 Å². The number of rotatable bonds is 16. The standard InChI is InChI=1S/2C27H24ClN3O6S.Ca/c2*1-3-16-12-20(38(34,35)36)15-23(24(16)28)30-31-25-21-11-6-5-8-17(21)13-22(26(25)32)27(33)29-18-9-7-10-19(14-18)37-4-2;/h2*5-15,32H,3-4H2,1-2H3,(H,29,33)(H,34,35,36);/q;;+2/p-2. The summed E-state index contributed by atoms with van der Waals surface area (Å²) in [5.41, 5.74) is 1.14.